The molecule has 17 nitrogen and oxygen atoms in total. The lowest BCUT2D eigenvalue weighted by atomic mass is 9.88. The van der Waals surface area contributed by atoms with Crippen LogP contribution in [0.1, 0.15) is 84.6 Å². The van der Waals surface area contributed by atoms with Crippen LogP contribution in [0.3, 0.4) is 0 Å². The van der Waals surface area contributed by atoms with Gasteiger partial charge in [0.25, 0.3) is 11.8 Å². The van der Waals surface area contributed by atoms with Crippen LogP contribution in [0.5, 0.6) is 0 Å². The summed E-state index contributed by atoms with van der Waals surface area (Å²) in [5.74, 6) is 0.942. The van der Waals surface area contributed by atoms with E-state index in [1.807, 2.05) is 71.5 Å². The van der Waals surface area contributed by atoms with Crippen molar-refractivity contribution in [1.82, 2.24) is 49.4 Å². The number of aliphatic hydroxyl groups is 1. The van der Waals surface area contributed by atoms with Crippen LogP contribution in [-0.4, -0.2) is 116 Å². The molecule has 18 heteroatoms. The molecule has 10 heterocycles. The molecule has 4 aliphatic rings. The number of halogens is 1. The number of pyridine rings is 4. The van der Waals surface area contributed by atoms with E-state index in [2.05, 4.69) is 67.7 Å². The molecule has 74 heavy (non-hydrogen) atoms. The molecule has 2 saturated heterocycles. The van der Waals surface area contributed by atoms with Gasteiger partial charge in [-0.1, -0.05) is 30.3 Å². The Morgan fingerprint density at radius 3 is 2.23 bits per heavy atom. The highest BCUT2D eigenvalue weighted by Gasteiger charge is 2.34. The summed E-state index contributed by atoms with van der Waals surface area (Å²) in [6.45, 7) is 4.47. The summed E-state index contributed by atoms with van der Waals surface area (Å²) in [5, 5.41) is 27.7. The number of hydrogen-bond acceptors (Lipinski definition) is 13. The van der Waals surface area contributed by atoms with Crippen LogP contribution in [0.4, 0.5) is 27.4 Å². The monoisotopic (exact) mass is 996 g/mol. The molecule has 12 rings (SSSR count). The quantitative estimate of drug-likeness (QED) is 0.0649. The fraction of sp³-hybridized carbons (Fsp3) is 0.321. The fourth-order valence-electron chi connectivity index (χ4n) is 11.3. The topological polar surface area (TPSA) is 188 Å². The standard InChI is InChI=1S/C56H57FN12O5/c1-66(2)29-45-35(33-15-20-73-31-33)7-12-50(64-45)62-43-9-5-36(41-24-59-55(71)53(41)43)40-26-61-69-28-32(4-11-47(40)69)22-49-39(16-21-74-49)37-8-13-51(65-46(37)30-67(3)18-19-70)63-44-10-6-38(42-25-60-56(72)54(42)44)48-27-58-52-23-34(57)14-17-68(48)52/h4-14,17,23,26-28,33,39,49,70H,15-16,18-22,24-25,29-31H2,1-3H3,(H,59,71)(H,60,72)(H,62,64)(H,63,65)/t33-,39-,49?/m1/s1. The zero-order valence-electron chi connectivity index (χ0n) is 41.5. The van der Waals surface area contributed by atoms with Crippen molar-refractivity contribution >= 4 is 46.0 Å². The van der Waals surface area contributed by atoms with Gasteiger partial charge in [0, 0.05) is 93.8 Å². The van der Waals surface area contributed by atoms with Gasteiger partial charge >= 0.3 is 0 Å². The van der Waals surface area contributed by atoms with Crippen LogP contribution in [-0.2, 0) is 42.1 Å². The molecule has 4 aliphatic heterocycles. The summed E-state index contributed by atoms with van der Waals surface area (Å²) >= 11 is 0. The summed E-state index contributed by atoms with van der Waals surface area (Å²) in [6, 6.07) is 23.1. The number of rotatable bonds is 16. The molecule has 0 radical (unpaired) electrons. The molecule has 2 aromatic carbocycles. The minimum Gasteiger partial charge on any atom is -0.395 e. The van der Waals surface area contributed by atoms with Gasteiger partial charge in [0.2, 0.25) is 0 Å². The SMILES string of the molecule is CN(C)Cc1nc(Nc2ccc(-c3cnn4cc(CC5OCC[C@@H]5c5ccc(Nc6ccc(-c7cnc8cc(F)ccn78)c7c6C(=O)NC7)nc5CN(C)CCO)ccc34)c3c2C(=O)NC3)ccc1[C@@H]1CCOC1. The highest BCUT2D eigenvalue weighted by atomic mass is 19.1. The predicted octanol–water partition coefficient (Wildman–Crippen LogP) is 7.32. The Bertz CT molecular complexity index is 3500. The van der Waals surface area contributed by atoms with Gasteiger partial charge in [-0.15, -0.1) is 0 Å². The summed E-state index contributed by atoms with van der Waals surface area (Å²) in [5.41, 5.74) is 14.3. The first-order valence-electron chi connectivity index (χ1n) is 25.2. The van der Waals surface area contributed by atoms with E-state index in [-0.39, 0.29) is 36.3 Å². The molecule has 0 saturated carbocycles. The number of carbonyl (C=O) groups excluding carboxylic acids is 2. The van der Waals surface area contributed by atoms with Crippen LogP contribution < -0.4 is 21.3 Å². The van der Waals surface area contributed by atoms with Crippen LogP contribution in [0, 0.1) is 5.82 Å². The summed E-state index contributed by atoms with van der Waals surface area (Å²) in [6.07, 6.45) is 9.57. The Labute approximate surface area is 426 Å². The number of ether oxygens (including phenoxy) is 2. The highest BCUT2D eigenvalue weighted by molar-refractivity contribution is 6.07. The Kier molecular flexibility index (Phi) is 12.6. The Morgan fingerprint density at radius 1 is 0.797 bits per heavy atom. The highest BCUT2D eigenvalue weighted by Crippen LogP contribution is 2.41. The number of amides is 2. The molecule has 378 valence electrons. The van der Waals surface area contributed by atoms with E-state index in [4.69, 9.17) is 24.5 Å². The molecule has 0 spiro atoms. The molecule has 0 bridgehead atoms. The van der Waals surface area contributed by atoms with Crippen molar-refractivity contribution in [2.75, 3.05) is 64.7 Å². The first-order valence-corrected chi connectivity index (χ1v) is 25.2. The smallest absolute Gasteiger partial charge is 0.254 e. The summed E-state index contributed by atoms with van der Waals surface area (Å²) in [4.78, 5) is 45.7. The largest absolute Gasteiger partial charge is 0.395 e. The van der Waals surface area contributed by atoms with E-state index in [0.29, 0.717) is 98.1 Å². The van der Waals surface area contributed by atoms with E-state index >= 15 is 0 Å². The number of fused-ring (bicyclic) bond motifs is 4. The zero-order valence-corrected chi connectivity index (χ0v) is 41.5. The van der Waals surface area contributed by atoms with Crippen molar-refractivity contribution in [1.29, 1.82) is 0 Å². The van der Waals surface area contributed by atoms with Gasteiger partial charge in [-0.25, -0.2) is 23.9 Å². The Morgan fingerprint density at radius 2 is 1.51 bits per heavy atom. The Balaban J connectivity index is 0.791. The third kappa shape index (κ3) is 8.91. The molecule has 6 aromatic heterocycles. The number of hydrogen-bond donors (Lipinski definition) is 5. The van der Waals surface area contributed by atoms with Crippen LogP contribution in [0.15, 0.2) is 97.6 Å². The number of anilines is 4. The third-order valence-electron chi connectivity index (χ3n) is 14.9. The van der Waals surface area contributed by atoms with Gasteiger partial charge in [-0.05, 0) is 104 Å². The zero-order chi connectivity index (χ0) is 50.6. The lowest BCUT2D eigenvalue weighted by Gasteiger charge is -2.24. The molecule has 3 atom stereocenters. The second kappa shape index (κ2) is 19.7. The predicted molar refractivity (Wildman–Crippen MR) is 278 cm³/mol. The van der Waals surface area contributed by atoms with Gasteiger partial charge in [-0.2, -0.15) is 5.10 Å². The van der Waals surface area contributed by atoms with Crippen LogP contribution in [0.25, 0.3) is 33.5 Å². The minimum atomic E-state index is -0.370. The normalized spacial score (nSPS) is 18.2. The average molecular weight is 997 g/mol. The van der Waals surface area contributed by atoms with E-state index in [1.54, 1.807) is 12.4 Å². The van der Waals surface area contributed by atoms with E-state index in [0.717, 1.165) is 81.0 Å². The third-order valence-corrected chi connectivity index (χ3v) is 14.9. The van der Waals surface area contributed by atoms with E-state index in [1.165, 1.54) is 17.7 Å². The number of aromatic nitrogens is 6. The molecule has 5 N–H and O–H groups in total. The van der Waals surface area contributed by atoms with Crippen LogP contribution >= 0.6 is 0 Å². The number of carbonyl (C=O) groups is 2. The van der Waals surface area contributed by atoms with Gasteiger partial charge in [0.15, 0.2) is 0 Å². The number of benzene rings is 2. The Hall–Kier alpha value is -7.61. The summed E-state index contributed by atoms with van der Waals surface area (Å²) < 4.78 is 29.9. The molecular formula is C56H57FN12O5. The molecule has 0 aliphatic carbocycles. The number of imidazole rings is 1. The van der Waals surface area contributed by atoms with Gasteiger partial charge in [-0.3, -0.25) is 18.9 Å². The number of nitrogens with zero attached hydrogens (tertiary/aromatic N) is 8. The minimum absolute atomic E-state index is 0.00764. The van der Waals surface area contributed by atoms with Crippen LogP contribution in [0.2, 0.25) is 0 Å². The molecule has 2 amide bonds. The summed E-state index contributed by atoms with van der Waals surface area (Å²) in [7, 11) is 6.04. The fourth-order valence-corrected chi connectivity index (χ4v) is 11.3. The average Bonchev–Trinajstić information content (AvgIpc) is 4.27. The first-order chi connectivity index (χ1) is 36.1. The van der Waals surface area contributed by atoms with Crippen molar-refractivity contribution in [2.45, 2.75) is 63.4 Å². The van der Waals surface area contributed by atoms with Gasteiger partial charge in [0.05, 0.1) is 76.8 Å². The number of likely N-dealkylation sites (N-methyl/N-ethyl adjacent to an activating group) is 1. The maximum absolute atomic E-state index is 14.0. The second-order valence-electron chi connectivity index (χ2n) is 20.0. The lowest BCUT2D eigenvalue weighted by molar-refractivity contribution is 0.0958. The second-order valence-corrected chi connectivity index (χ2v) is 20.0. The van der Waals surface area contributed by atoms with E-state index < -0.39 is 0 Å². The lowest BCUT2D eigenvalue weighted by Crippen LogP contribution is -2.25. The van der Waals surface area contributed by atoms with E-state index in [9.17, 15) is 19.1 Å². The molecule has 2 fully saturated rings. The van der Waals surface area contributed by atoms with Crippen molar-refractivity contribution < 1.29 is 28.6 Å². The van der Waals surface area contributed by atoms with Gasteiger partial charge < -0.3 is 40.7 Å². The van der Waals surface area contributed by atoms with Crippen molar-refractivity contribution in [3.05, 3.63) is 154 Å². The maximum Gasteiger partial charge on any atom is 0.254 e. The molecular weight excluding hydrogens is 940 g/mol. The van der Waals surface area contributed by atoms with Crippen molar-refractivity contribution in [2.24, 2.45) is 0 Å². The van der Waals surface area contributed by atoms with Crippen molar-refractivity contribution in [3.8, 4) is 22.4 Å². The molecule has 8 aromatic rings. The van der Waals surface area contributed by atoms with Crippen molar-refractivity contribution in [3.63, 3.8) is 0 Å². The number of aliphatic hydroxyl groups excluding tert-OH is 1. The molecule has 1 unspecified atom stereocenters. The number of nitrogens with one attached hydrogen (secondary N) is 4. The van der Waals surface area contributed by atoms with Gasteiger partial charge in [0.1, 0.15) is 23.1 Å². The maximum atomic E-state index is 14.0. The first kappa shape index (κ1) is 47.4.